The lowest BCUT2D eigenvalue weighted by atomic mass is 10.1. The summed E-state index contributed by atoms with van der Waals surface area (Å²) >= 11 is 0. The number of nitrogens with one attached hydrogen (secondary N) is 1. The third-order valence-corrected chi connectivity index (χ3v) is 5.37. The number of carbonyl (C=O) groups is 2. The normalized spacial score (nSPS) is 13.9. The van der Waals surface area contributed by atoms with Crippen molar-refractivity contribution in [1.29, 1.82) is 0 Å². The van der Waals surface area contributed by atoms with Gasteiger partial charge in [-0.2, -0.15) is 0 Å². The number of Topliss-reactive ketones (excluding diaryl/α,β-unsaturated/α-hetero) is 1. The third-order valence-electron chi connectivity index (χ3n) is 5.37. The molecule has 30 heavy (non-hydrogen) atoms. The van der Waals surface area contributed by atoms with Gasteiger partial charge in [0, 0.05) is 38.3 Å². The first-order valence-corrected chi connectivity index (χ1v) is 10.1. The Balaban J connectivity index is 1.50. The van der Waals surface area contributed by atoms with Crippen LogP contribution in [0, 0.1) is 12.7 Å². The van der Waals surface area contributed by atoms with Gasteiger partial charge < -0.3 is 19.9 Å². The van der Waals surface area contributed by atoms with Crippen LogP contribution in [0.4, 0.5) is 14.9 Å². The zero-order valence-electron chi connectivity index (χ0n) is 17.7. The lowest BCUT2D eigenvalue weighted by Gasteiger charge is -2.36. The second kappa shape index (κ2) is 9.61. The van der Waals surface area contributed by atoms with Crippen LogP contribution in [0.3, 0.4) is 0 Å². The van der Waals surface area contributed by atoms with Gasteiger partial charge in [0.15, 0.2) is 5.78 Å². The Hall–Kier alpha value is -3.09. The van der Waals surface area contributed by atoms with Crippen molar-refractivity contribution in [3.63, 3.8) is 0 Å². The van der Waals surface area contributed by atoms with E-state index in [1.165, 1.54) is 13.0 Å². The number of anilines is 1. The highest BCUT2D eigenvalue weighted by Gasteiger charge is 2.23. The number of ketones is 1. The summed E-state index contributed by atoms with van der Waals surface area (Å²) in [6, 6.07) is 10.4. The number of urea groups is 1. The topological polar surface area (TPSA) is 61.9 Å². The second-order valence-electron chi connectivity index (χ2n) is 7.49. The van der Waals surface area contributed by atoms with E-state index in [-0.39, 0.29) is 11.8 Å². The molecule has 1 aliphatic heterocycles. The van der Waals surface area contributed by atoms with Gasteiger partial charge in [-0.1, -0.05) is 17.7 Å². The van der Waals surface area contributed by atoms with E-state index >= 15 is 0 Å². The summed E-state index contributed by atoms with van der Waals surface area (Å²) in [5.74, 6) is 0.249. The Morgan fingerprint density at radius 3 is 2.47 bits per heavy atom. The fraction of sp³-hybridized carbons (Fsp3) is 0.391. The summed E-state index contributed by atoms with van der Waals surface area (Å²) in [7, 11) is 1.64. The van der Waals surface area contributed by atoms with E-state index in [2.05, 4.69) is 11.4 Å². The average Bonchev–Trinajstić information content (AvgIpc) is 2.74. The number of aryl methyl sites for hydroxylation is 1. The Kier molecular flexibility index (Phi) is 6.92. The van der Waals surface area contributed by atoms with Crippen molar-refractivity contribution in [2.45, 2.75) is 20.3 Å². The number of nitrogens with zero attached hydrogens (tertiary/aromatic N) is 2. The molecule has 160 valence electrons. The van der Waals surface area contributed by atoms with Crippen LogP contribution in [0.1, 0.15) is 28.4 Å². The number of ether oxygens (including phenoxy) is 1. The minimum absolute atomic E-state index is 0.117. The summed E-state index contributed by atoms with van der Waals surface area (Å²) in [6.07, 6.45) is 0.685. The molecule has 0 spiro atoms. The van der Waals surface area contributed by atoms with Gasteiger partial charge in [0.2, 0.25) is 0 Å². The minimum Gasteiger partial charge on any atom is -0.496 e. The van der Waals surface area contributed by atoms with Gasteiger partial charge in [0.05, 0.1) is 12.8 Å². The summed E-state index contributed by atoms with van der Waals surface area (Å²) in [5.41, 5.74) is 3.04. The molecule has 2 aromatic rings. The van der Waals surface area contributed by atoms with Crippen molar-refractivity contribution >= 4 is 17.5 Å². The highest BCUT2D eigenvalue weighted by molar-refractivity contribution is 5.94. The first kappa shape index (κ1) is 21.6. The maximum absolute atomic E-state index is 14.4. The molecule has 0 bridgehead atoms. The van der Waals surface area contributed by atoms with Crippen LogP contribution in [0.15, 0.2) is 36.4 Å². The summed E-state index contributed by atoms with van der Waals surface area (Å²) in [6.45, 7) is 6.05. The van der Waals surface area contributed by atoms with Gasteiger partial charge in [0.25, 0.3) is 0 Å². The number of hydrogen-bond donors (Lipinski definition) is 1. The number of carbonyl (C=O) groups excluding carboxylic acids is 2. The lowest BCUT2D eigenvalue weighted by molar-refractivity contribution is 0.101. The fourth-order valence-corrected chi connectivity index (χ4v) is 3.65. The zero-order valence-corrected chi connectivity index (χ0v) is 17.7. The maximum Gasteiger partial charge on any atom is 0.317 e. The largest absolute Gasteiger partial charge is 0.496 e. The predicted molar refractivity (Wildman–Crippen MR) is 115 cm³/mol. The van der Waals surface area contributed by atoms with Crippen molar-refractivity contribution in [1.82, 2.24) is 10.2 Å². The molecule has 2 aromatic carbocycles. The smallest absolute Gasteiger partial charge is 0.317 e. The number of rotatable bonds is 6. The number of piperazine rings is 1. The van der Waals surface area contributed by atoms with E-state index in [4.69, 9.17) is 4.74 Å². The number of halogens is 1. The van der Waals surface area contributed by atoms with Crippen LogP contribution in [-0.4, -0.2) is 56.5 Å². The Labute approximate surface area is 176 Å². The lowest BCUT2D eigenvalue weighted by Crippen LogP contribution is -2.52. The highest BCUT2D eigenvalue weighted by atomic mass is 19.1. The van der Waals surface area contributed by atoms with E-state index in [1.54, 1.807) is 24.1 Å². The minimum atomic E-state index is -0.410. The molecule has 0 saturated carbocycles. The molecule has 1 heterocycles. The molecule has 1 saturated heterocycles. The van der Waals surface area contributed by atoms with Gasteiger partial charge in [-0.05, 0) is 50.1 Å². The number of methoxy groups -OCH3 is 1. The van der Waals surface area contributed by atoms with Gasteiger partial charge in [-0.25, -0.2) is 9.18 Å². The van der Waals surface area contributed by atoms with E-state index in [1.807, 2.05) is 24.0 Å². The molecule has 2 amide bonds. The molecule has 0 aliphatic carbocycles. The highest BCUT2D eigenvalue weighted by Crippen LogP contribution is 2.23. The molecular weight excluding hydrogens is 385 g/mol. The SMILES string of the molecule is COc1ccc(C)cc1CCNC(=O)N1CCN(c2ccc(C(C)=O)cc2F)CC1. The summed E-state index contributed by atoms with van der Waals surface area (Å²) < 4.78 is 19.8. The summed E-state index contributed by atoms with van der Waals surface area (Å²) in [4.78, 5) is 27.5. The Bertz CT molecular complexity index is 924. The summed E-state index contributed by atoms with van der Waals surface area (Å²) in [5, 5.41) is 2.96. The molecule has 1 fully saturated rings. The first-order chi connectivity index (χ1) is 14.4. The van der Waals surface area contributed by atoms with Crippen LogP contribution in [-0.2, 0) is 6.42 Å². The van der Waals surface area contributed by atoms with E-state index in [9.17, 15) is 14.0 Å². The molecule has 1 aliphatic rings. The van der Waals surface area contributed by atoms with E-state index in [0.717, 1.165) is 16.9 Å². The maximum atomic E-state index is 14.4. The van der Waals surface area contributed by atoms with Crippen LogP contribution in [0.5, 0.6) is 5.75 Å². The van der Waals surface area contributed by atoms with Gasteiger partial charge in [-0.3, -0.25) is 4.79 Å². The van der Waals surface area contributed by atoms with Gasteiger partial charge in [-0.15, -0.1) is 0 Å². The van der Waals surface area contributed by atoms with E-state index in [0.29, 0.717) is 50.4 Å². The standard InChI is InChI=1S/C23H28FN3O3/c1-16-4-7-22(30-3)19(14-16)8-9-25-23(29)27-12-10-26(11-13-27)21-6-5-18(17(2)28)15-20(21)24/h4-7,14-15H,8-13H2,1-3H3,(H,25,29). The van der Waals surface area contributed by atoms with Crippen LogP contribution >= 0.6 is 0 Å². The molecule has 0 atom stereocenters. The quantitative estimate of drug-likeness (QED) is 0.738. The number of hydrogen-bond acceptors (Lipinski definition) is 4. The fourth-order valence-electron chi connectivity index (χ4n) is 3.65. The Morgan fingerprint density at radius 2 is 1.83 bits per heavy atom. The van der Waals surface area contributed by atoms with Crippen LogP contribution < -0.4 is 15.0 Å². The number of benzene rings is 2. The average molecular weight is 413 g/mol. The Morgan fingerprint density at radius 1 is 1.10 bits per heavy atom. The molecule has 1 N–H and O–H groups in total. The zero-order chi connectivity index (χ0) is 21.7. The molecule has 0 unspecified atom stereocenters. The monoisotopic (exact) mass is 413 g/mol. The first-order valence-electron chi connectivity index (χ1n) is 10.1. The van der Waals surface area contributed by atoms with Crippen molar-refractivity contribution < 1.29 is 18.7 Å². The van der Waals surface area contributed by atoms with Crippen LogP contribution in [0.25, 0.3) is 0 Å². The van der Waals surface area contributed by atoms with Crippen LogP contribution in [0.2, 0.25) is 0 Å². The van der Waals surface area contributed by atoms with Crippen molar-refractivity contribution in [3.05, 3.63) is 58.9 Å². The molecule has 7 heteroatoms. The molecule has 3 rings (SSSR count). The second-order valence-corrected chi connectivity index (χ2v) is 7.49. The molecule has 0 radical (unpaired) electrons. The predicted octanol–water partition coefficient (Wildman–Crippen LogP) is 3.42. The van der Waals surface area contributed by atoms with Gasteiger partial charge >= 0.3 is 6.03 Å². The molecule has 6 nitrogen and oxygen atoms in total. The van der Waals surface area contributed by atoms with Crippen molar-refractivity contribution in [2.24, 2.45) is 0 Å². The van der Waals surface area contributed by atoms with E-state index < -0.39 is 5.82 Å². The number of amides is 2. The van der Waals surface area contributed by atoms with Crippen molar-refractivity contribution in [2.75, 3.05) is 44.7 Å². The third kappa shape index (κ3) is 5.09. The van der Waals surface area contributed by atoms with Gasteiger partial charge in [0.1, 0.15) is 11.6 Å². The van der Waals surface area contributed by atoms with Crippen molar-refractivity contribution in [3.8, 4) is 5.75 Å². The molecule has 0 aromatic heterocycles. The molecular formula is C23H28FN3O3.